The van der Waals surface area contributed by atoms with Gasteiger partial charge in [0.2, 0.25) is 5.91 Å². The van der Waals surface area contributed by atoms with Crippen LogP contribution in [-0.4, -0.2) is 19.1 Å². The first kappa shape index (κ1) is 15.0. The molecule has 0 saturated carbocycles. The van der Waals surface area contributed by atoms with Crippen molar-refractivity contribution in [1.29, 1.82) is 0 Å². The number of rotatable bonds is 5. The van der Waals surface area contributed by atoms with Gasteiger partial charge in [-0.1, -0.05) is 30.3 Å². The summed E-state index contributed by atoms with van der Waals surface area (Å²) >= 11 is 0. The van der Waals surface area contributed by atoms with Gasteiger partial charge >= 0.3 is 0 Å². The summed E-state index contributed by atoms with van der Waals surface area (Å²) < 4.78 is 18.1. The summed E-state index contributed by atoms with van der Waals surface area (Å²) in [7, 11) is 1.41. The molecule has 0 fully saturated rings. The second kappa shape index (κ2) is 6.85. The number of carbonyl (C=O) groups excluding carboxylic acids is 1. The molecule has 0 aliphatic heterocycles. The number of benzene rings is 2. The van der Waals surface area contributed by atoms with Crippen molar-refractivity contribution in [1.82, 2.24) is 0 Å². The number of hydrogen-bond acceptors (Lipinski definition) is 3. The van der Waals surface area contributed by atoms with Crippen molar-refractivity contribution < 1.29 is 13.9 Å². The minimum absolute atomic E-state index is 0.260. The van der Waals surface area contributed by atoms with Gasteiger partial charge < -0.3 is 15.8 Å². The van der Waals surface area contributed by atoms with Crippen molar-refractivity contribution in [2.24, 2.45) is 5.73 Å². The molecule has 3 N–H and O–H groups in total. The lowest BCUT2D eigenvalue weighted by atomic mass is 10.1. The van der Waals surface area contributed by atoms with Crippen LogP contribution in [0.25, 0.3) is 0 Å². The molecular weight excluding hydrogens is 271 g/mol. The lowest BCUT2D eigenvalue weighted by Gasteiger charge is -2.14. The molecule has 0 radical (unpaired) electrons. The fourth-order valence-electron chi connectivity index (χ4n) is 1.95. The zero-order chi connectivity index (χ0) is 15.2. The topological polar surface area (TPSA) is 64.3 Å². The Bertz CT molecular complexity index is 617. The number of nitrogens with one attached hydrogen (secondary N) is 1. The number of hydrogen-bond donors (Lipinski definition) is 2. The van der Waals surface area contributed by atoms with E-state index in [1.165, 1.54) is 25.3 Å². The van der Waals surface area contributed by atoms with Gasteiger partial charge in [0.1, 0.15) is 11.6 Å². The van der Waals surface area contributed by atoms with E-state index < -0.39 is 11.9 Å². The van der Waals surface area contributed by atoms with Gasteiger partial charge in [-0.2, -0.15) is 0 Å². The van der Waals surface area contributed by atoms with Crippen molar-refractivity contribution in [2.45, 2.75) is 12.5 Å². The minimum atomic E-state index is -0.692. The third-order valence-corrected chi connectivity index (χ3v) is 3.06. The van der Waals surface area contributed by atoms with E-state index in [0.717, 1.165) is 5.56 Å². The predicted molar refractivity (Wildman–Crippen MR) is 79.7 cm³/mol. The molecule has 0 saturated heterocycles. The van der Waals surface area contributed by atoms with Gasteiger partial charge in [-0.15, -0.1) is 0 Å². The number of carbonyl (C=O) groups is 1. The van der Waals surface area contributed by atoms with Crippen LogP contribution >= 0.6 is 0 Å². The Kier molecular flexibility index (Phi) is 4.90. The van der Waals surface area contributed by atoms with Crippen molar-refractivity contribution in [3.8, 4) is 5.75 Å². The molecule has 1 atom stereocenters. The molecule has 2 rings (SSSR count). The van der Waals surface area contributed by atoms with Crippen molar-refractivity contribution in [3.05, 3.63) is 59.9 Å². The maximum absolute atomic E-state index is 13.1. The second-order valence-corrected chi connectivity index (χ2v) is 4.63. The summed E-state index contributed by atoms with van der Waals surface area (Å²) in [6.45, 7) is 0. The summed E-state index contributed by atoms with van der Waals surface area (Å²) in [6, 6.07) is 12.7. The van der Waals surface area contributed by atoms with E-state index in [4.69, 9.17) is 10.5 Å². The van der Waals surface area contributed by atoms with Crippen LogP contribution in [0.1, 0.15) is 5.56 Å². The molecular formula is C16H17FN2O2. The van der Waals surface area contributed by atoms with Crippen LogP contribution in [-0.2, 0) is 11.2 Å². The monoisotopic (exact) mass is 288 g/mol. The molecule has 2 aromatic carbocycles. The van der Waals surface area contributed by atoms with Gasteiger partial charge in [0.05, 0.1) is 18.8 Å². The van der Waals surface area contributed by atoms with E-state index in [2.05, 4.69) is 5.32 Å². The van der Waals surface area contributed by atoms with E-state index in [1.54, 1.807) is 0 Å². The quantitative estimate of drug-likeness (QED) is 0.887. The summed E-state index contributed by atoms with van der Waals surface area (Å²) in [6.07, 6.45) is 0.427. The summed E-state index contributed by atoms with van der Waals surface area (Å²) in [5.74, 6) is -0.516. The Hall–Kier alpha value is -2.40. The highest BCUT2D eigenvalue weighted by atomic mass is 19.1. The zero-order valence-corrected chi connectivity index (χ0v) is 11.7. The van der Waals surface area contributed by atoms with Crippen molar-refractivity contribution in [3.63, 3.8) is 0 Å². The Labute approximate surface area is 122 Å². The van der Waals surface area contributed by atoms with Gasteiger partial charge in [-0.05, 0) is 24.1 Å². The first-order valence-electron chi connectivity index (χ1n) is 6.54. The molecule has 5 heteroatoms. The predicted octanol–water partition coefficient (Wildman–Crippen LogP) is 2.34. The standard InChI is InChI=1S/C16H17FN2O2/c1-21-15-10-12(17)7-8-14(15)19-16(20)13(18)9-11-5-3-2-4-6-11/h2-8,10,13H,9,18H2,1H3,(H,19,20)/t13-/m1/s1. The molecule has 0 heterocycles. The van der Waals surface area contributed by atoms with E-state index in [9.17, 15) is 9.18 Å². The molecule has 1 amide bonds. The van der Waals surface area contributed by atoms with Gasteiger partial charge in [0.15, 0.2) is 0 Å². The van der Waals surface area contributed by atoms with Gasteiger partial charge in [-0.25, -0.2) is 4.39 Å². The highest BCUT2D eigenvalue weighted by molar-refractivity contribution is 5.96. The lowest BCUT2D eigenvalue weighted by molar-refractivity contribution is -0.117. The highest BCUT2D eigenvalue weighted by Gasteiger charge is 2.16. The third-order valence-electron chi connectivity index (χ3n) is 3.06. The average Bonchev–Trinajstić information content (AvgIpc) is 2.49. The highest BCUT2D eigenvalue weighted by Crippen LogP contribution is 2.25. The fourth-order valence-corrected chi connectivity index (χ4v) is 1.95. The molecule has 0 aliphatic rings. The van der Waals surface area contributed by atoms with Crippen LogP contribution in [0, 0.1) is 5.82 Å². The molecule has 21 heavy (non-hydrogen) atoms. The van der Waals surface area contributed by atoms with Crippen LogP contribution in [0.4, 0.5) is 10.1 Å². The van der Waals surface area contributed by atoms with E-state index in [1.807, 2.05) is 30.3 Å². The number of ether oxygens (including phenoxy) is 1. The van der Waals surface area contributed by atoms with Crippen molar-refractivity contribution >= 4 is 11.6 Å². The molecule has 0 aliphatic carbocycles. The Morgan fingerprint density at radius 2 is 2.00 bits per heavy atom. The fraction of sp³-hybridized carbons (Fsp3) is 0.188. The molecule has 0 unspecified atom stereocenters. The van der Waals surface area contributed by atoms with Crippen LogP contribution in [0.3, 0.4) is 0 Å². The van der Waals surface area contributed by atoms with Crippen LogP contribution in [0.5, 0.6) is 5.75 Å². The molecule has 0 spiro atoms. The number of nitrogens with two attached hydrogens (primary N) is 1. The molecule has 0 aromatic heterocycles. The molecule has 4 nitrogen and oxygen atoms in total. The number of halogens is 1. The van der Waals surface area contributed by atoms with Gasteiger partial charge in [0.25, 0.3) is 0 Å². The van der Waals surface area contributed by atoms with Gasteiger partial charge in [0, 0.05) is 6.07 Å². The molecule has 0 bridgehead atoms. The molecule has 110 valence electrons. The minimum Gasteiger partial charge on any atom is -0.494 e. The Morgan fingerprint density at radius 3 is 2.67 bits per heavy atom. The smallest absolute Gasteiger partial charge is 0.241 e. The van der Waals surface area contributed by atoms with Gasteiger partial charge in [-0.3, -0.25) is 4.79 Å². The Balaban J connectivity index is 2.04. The lowest BCUT2D eigenvalue weighted by Crippen LogP contribution is -2.37. The maximum atomic E-state index is 13.1. The van der Waals surface area contributed by atoms with E-state index in [0.29, 0.717) is 12.1 Å². The van der Waals surface area contributed by atoms with Crippen molar-refractivity contribution in [2.75, 3.05) is 12.4 Å². The van der Waals surface area contributed by atoms with Crippen LogP contribution < -0.4 is 15.8 Å². The normalized spacial score (nSPS) is 11.8. The first-order valence-corrected chi connectivity index (χ1v) is 6.54. The first-order chi connectivity index (χ1) is 10.1. The number of amides is 1. The SMILES string of the molecule is COc1cc(F)ccc1NC(=O)[C@H](N)Cc1ccccc1. The third kappa shape index (κ3) is 4.03. The summed E-state index contributed by atoms with van der Waals surface area (Å²) in [5, 5.41) is 2.65. The summed E-state index contributed by atoms with van der Waals surface area (Å²) in [4.78, 5) is 12.1. The largest absolute Gasteiger partial charge is 0.494 e. The maximum Gasteiger partial charge on any atom is 0.241 e. The molecule has 2 aromatic rings. The van der Waals surface area contributed by atoms with Crippen LogP contribution in [0.15, 0.2) is 48.5 Å². The van der Waals surface area contributed by atoms with E-state index >= 15 is 0 Å². The summed E-state index contributed by atoms with van der Waals surface area (Å²) in [5.41, 5.74) is 7.27. The average molecular weight is 288 g/mol. The zero-order valence-electron chi connectivity index (χ0n) is 11.7. The van der Waals surface area contributed by atoms with Crippen LogP contribution in [0.2, 0.25) is 0 Å². The Morgan fingerprint density at radius 1 is 1.29 bits per heavy atom. The number of methoxy groups -OCH3 is 1. The second-order valence-electron chi connectivity index (χ2n) is 4.63. The van der Waals surface area contributed by atoms with E-state index in [-0.39, 0.29) is 11.7 Å². The number of anilines is 1.